The summed E-state index contributed by atoms with van der Waals surface area (Å²) in [6, 6.07) is 12.3. The molecule has 186 valence electrons. The van der Waals surface area contributed by atoms with Crippen LogP contribution < -0.4 is 0 Å². The topological polar surface area (TPSA) is 77.3 Å². The Morgan fingerprint density at radius 2 is 0.667 bits per heavy atom. The average molecular weight is 481 g/mol. The fourth-order valence-corrected chi connectivity index (χ4v) is 3.78. The smallest absolute Gasteiger partial charge is 0.182 e. The lowest BCUT2D eigenvalue weighted by Crippen LogP contribution is -2.13. The molecule has 0 aromatic carbocycles. The Bertz CT molecular complexity index is 1210. The van der Waals surface area contributed by atoms with Gasteiger partial charge >= 0.3 is 0 Å². The largest absolute Gasteiger partial charge is 0.253 e. The lowest BCUT2D eigenvalue weighted by Gasteiger charge is -2.20. The van der Waals surface area contributed by atoms with Crippen LogP contribution >= 0.6 is 0 Å². The summed E-state index contributed by atoms with van der Waals surface area (Å²) in [5.74, 6) is 1.52. The molecule has 36 heavy (non-hydrogen) atoms. The molecule has 0 aliphatic heterocycles. The van der Waals surface area contributed by atoms with Gasteiger partial charge in [0.05, 0.1) is 0 Å². The number of pyridine rings is 3. The van der Waals surface area contributed by atoms with Crippen LogP contribution in [0.5, 0.6) is 0 Å². The summed E-state index contributed by atoms with van der Waals surface area (Å²) in [7, 11) is 0. The number of aromatic nitrogens is 6. The van der Waals surface area contributed by atoms with Gasteiger partial charge in [0, 0.05) is 18.6 Å². The predicted octanol–water partition coefficient (Wildman–Crippen LogP) is 6.95. The summed E-state index contributed by atoms with van der Waals surface area (Å²) in [6.45, 7) is 19.6. The van der Waals surface area contributed by atoms with E-state index in [9.17, 15) is 0 Å². The van der Waals surface area contributed by atoms with E-state index >= 15 is 0 Å². The second kappa shape index (κ2) is 9.16. The van der Waals surface area contributed by atoms with Crippen LogP contribution in [0.2, 0.25) is 0 Å². The first-order chi connectivity index (χ1) is 16.7. The van der Waals surface area contributed by atoms with Crippen molar-refractivity contribution in [3.63, 3.8) is 0 Å². The molecule has 0 N–H and O–H groups in total. The first-order valence-electron chi connectivity index (χ1n) is 12.4. The zero-order chi connectivity index (χ0) is 26.3. The van der Waals surface area contributed by atoms with Gasteiger partial charge < -0.3 is 0 Å². The second-order valence-electron chi connectivity index (χ2n) is 12.3. The summed E-state index contributed by atoms with van der Waals surface area (Å²) in [6.07, 6.45) is 5.45. The van der Waals surface area contributed by atoms with Gasteiger partial charge in [-0.1, -0.05) is 62.3 Å². The minimum atomic E-state index is -0.0262. The minimum Gasteiger partial charge on any atom is -0.253 e. The van der Waals surface area contributed by atoms with Crippen LogP contribution in [0.1, 0.15) is 79.0 Å². The average Bonchev–Trinajstić information content (AvgIpc) is 2.82. The Kier molecular flexibility index (Phi) is 6.50. The highest BCUT2D eigenvalue weighted by Gasteiger charge is 2.21. The third-order valence-electron chi connectivity index (χ3n) is 6.20. The molecule has 0 bridgehead atoms. The van der Waals surface area contributed by atoms with Crippen molar-refractivity contribution < 1.29 is 0 Å². The number of hydrogen-bond donors (Lipinski definition) is 0. The van der Waals surface area contributed by atoms with E-state index in [1.165, 1.54) is 0 Å². The lowest BCUT2D eigenvalue weighted by molar-refractivity contribution is 0.589. The number of hydrogen-bond acceptors (Lipinski definition) is 6. The molecule has 0 aliphatic rings. The molecule has 0 saturated carbocycles. The van der Waals surface area contributed by atoms with Crippen molar-refractivity contribution in [1.82, 2.24) is 29.9 Å². The third kappa shape index (κ3) is 5.64. The second-order valence-corrected chi connectivity index (χ2v) is 12.3. The standard InChI is InChI=1S/C30H36N6/c1-28(2,3)19-10-13-31-22(16-19)25-34-26(23-17-20(11-14-32-23)29(4,5)6)36-27(35-25)24-18-21(12-15-33-24)30(7,8)9/h10-18H,1-9H3. The van der Waals surface area contributed by atoms with E-state index in [1.807, 2.05) is 36.8 Å². The summed E-state index contributed by atoms with van der Waals surface area (Å²) in [5, 5.41) is 0. The van der Waals surface area contributed by atoms with Gasteiger partial charge in [-0.2, -0.15) is 0 Å². The van der Waals surface area contributed by atoms with Gasteiger partial charge in [0.1, 0.15) is 17.1 Å². The number of rotatable bonds is 3. The molecule has 4 aromatic heterocycles. The number of nitrogens with zero attached hydrogens (tertiary/aromatic N) is 6. The summed E-state index contributed by atoms with van der Waals surface area (Å²) < 4.78 is 0. The zero-order valence-electron chi connectivity index (χ0n) is 22.9. The zero-order valence-corrected chi connectivity index (χ0v) is 22.9. The molecule has 6 heteroatoms. The normalized spacial score (nSPS) is 12.6. The maximum atomic E-state index is 4.84. The maximum absolute atomic E-state index is 4.84. The van der Waals surface area contributed by atoms with E-state index in [-0.39, 0.29) is 16.2 Å². The monoisotopic (exact) mass is 480 g/mol. The maximum Gasteiger partial charge on any atom is 0.182 e. The highest BCUT2D eigenvalue weighted by molar-refractivity contribution is 5.63. The van der Waals surface area contributed by atoms with Gasteiger partial charge in [0.25, 0.3) is 0 Å². The molecule has 0 atom stereocenters. The SMILES string of the molecule is CC(C)(C)c1ccnc(-c2nc(-c3cc(C(C)(C)C)ccn3)nc(-c3cc(C(C)(C)C)ccn3)n2)c1. The van der Waals surface area contributed by atoms with Crippen molar-refractivity contribution in [2.75, 3.05) is 0 Å². The van der Waals surface area contributed by atoms with Gasteiger partial charge in [-0.15, -0.1) is 0 Å². The van der Waals surface area contributed by atoms with E-state index in [0.29, 0.717) is 34.6 Å². The van der Waals surface area contributed by atoms with Crippen LogP contribution in [-0.2, 0) is 16.2 Å². The molecule has 4 rings (SSSR count). The van der Waals surface area contributed by atoms with Gasteiger partial charge in [0.15, 0.2) is 17.5 Å². The molecule has 0 saturated heterocycles. The molecule has 6 nitrogen and oxygen atoms in total. The van der Waals surface area contributed by atoms with Crippen molar-refractivity contribution in [2.24, 2.45) is 0 Å². The Morgan fingerprint density at radius 3 is 0.889 bits per heavy atom. The first-order valence-corrected chi connectivity index (χ1v) is 12.4. The van der Waals surface area contributed by atoms with Crippen LogP contribution in [0.3, 0.4) is 0 Å². The summed E-state index contributed by atoms with van der Waals surface area (Å²) in [4.78, 5) is 28.4. The van der Waals surface area contributed by atoms with Crippen LogP contribution in [0.15, 0.2) is 55.0 Å². The highest BCUT2D eigenvalue weighted by atomic mass is 15.1. The van der Waals surface area contributed by atoms with E-state index in [2.05, 4.69) is 95.5 Å². The van der Waals surface area contributed by atoms with Crippen LogP contribution in [-0.4, -0.2) is 29.9 Å². The highest BCUT2D eigenvalue weighted by Crippen LogP contribution is 2.30. The van der Waals surface area contributed by atoms with E-state index in [4.69, 9.17) is 15.0 Å². The lowest BCUT2D eigenvalue weighted by atomic mass is 9.87. The van der Waals surface area contributed by atoms with Crippen LogP contribution in [0.25, 0.3) is 34.6 Å². The van der Waals surface area contributed by atoms with Gasteiger partial charge in [-0.3, -0.25) is 15.0 Å². The van der Waals surface area contributed by atoms with Gasteiger partial charge in [-0.05, 0) is 69.3 Å². The summed E-state index contributed by atoms with van der Waals surface area (Å²) in [5.41, 5.74) is 5.51. The molecular formula is C30H36N6. The van der Waals surface area contributed by atoms with Crippen LogP contribution in [0.4, 0.5) is 0 Å². The molecular weight excluding hydrogens is 444 g/mol. The minimum absolute atomic E-state index is 0.0262. The molecule has 0 unspecified atom stereocenters. The molecule has 4 heterocycles. The summed E-state index contributed by atoms with van der Waals surface area (Å²) >= 11 is 0. The Morgan fingerprint density at radius 1 is 0.417 bits per heavy atom. The van der Waals surface area contributed by atoms with Crippen molar-refractivity contribution in [3.8, 4) is 34.6 Å². The predicted molar refractivity (Wildman–Crippen MR) is 146 cm³/mol. The van der Waals surface area contributed by atoms with Crippen molar-refractivity contribution >= 4 is 0 Å². The van der Waals surface area contributed by atoms with Crippen molar-refractivity contribution in [1.29, 1.82) is 0 Å². The molecule has 0 radical (unpaired) electrons. The Labute approximate surface area is 214 Å². The van der Waals surface area contributed by atoms with E-state index in [0.717, 1.165) is 16.7 Å². The van der Waals surface area contributed by atoms with Crippen molar-refractivity contribution in [3.05, 3.63) is 71.7 Å². The Balaban J connectivity index is 1.94. The first kappa shape index (κ1) is 25.5. The molecule has 0 fully saturated rings. The Hall–Kier alpha value is -3.54. The fraction of sp³-hybridized carbons (Fsp3) is 0.400. The van der Waals surface area contributed by atoms with Gasteiger partial charge in [-0.25, -0.2) is 15.0 Å². The molecule has 0 spiro atoms. The van der Waals surface area contributed by atoms with Crippen LogP contribution in [0, 0.1) is 0 Å². The quantitative estimate of drug-likeness (QED) is 0.316. The van der Waals surface area contributed by atoms with E-state index < -0.39 is 0 Å². The van der Waals surface area contributed by atoms with Crippen molar-refractivity contribution in [2.45, 2.75) is 78.6 Å². The van der Waals surface area contributed by atoms with E-state index in [1.54, 1.807) is 0 Å². The van der Waals surface area contributed by atoms with Gasteiger partial charge in [0.2, 0.25) is 0 Å². The third-order valence-corrected chi connectivity index (χ3v) is 6.20. The fourth-order valence-electron chi connectivity index (χ4n) is 3.78. The molecule has 0 aliphatic carbocycles. The molecule has 0 amide bonds. The molecule has 4 aromatic rings.